The van der Waals surface area contributed by atoms with Gasteiger partial charge in [-0.25, -0.2) is 0 Å². The van der Waals surface area contributed by atoms with Crippen LogP contribution >= 0.6 is 23.0 Å². The van der Waals surface area contributed by atoms with Crippen LogP contribution in [-0.2, 0) is 18.8 Å². The highest BCUT2D eigenvalue weighted by Crippen LogP contribution is 2.36. The molecule has 0 spiro atoms. The molecule has 0 aromatic heterocycles. The third-order valence-electron chi connectivity index (χ3n) is 3.98. The van der Waals surface area contributed by atoms with Gasteiger partial charge in [-0.3, -0.25) is 0 Å². The van der Waals surface area contributed by atoms with Gasteiger partial charge in [0, 0.05) is 0 Å². The molecule has 0 fully saturated rings. The van der Waals surface area contributed by atoms with Gasteiger partial charge in [-0.15, -0.1) is 0 Å². The Morgan fingerprint density at radius 3 is 2.24 bits per heavy atom. The Labute approximate surface area is 144 Å². The first-order valence-electron chi connectivity index (χ1n) is 7.29. The molecule has 0 saturated heterocycles. The lowest BCUT2D eigenvalue weighted by Gasteiger charge is -2.36. The van der Waals surface area contributed by atoms with Crippen molar-refractivity contribution in [2.75, 3.05) is 13.2 Å². The quantitative estimate of drug-likeness (QED) is 0.438. The first kappa shape index (κ1) is 19.1. The second-order valence-corrected chi connectivity index (χ2v) is 12.1. The fourth-order valence-electron chi connectivity index (χ4n) is 1.50. The number of hydrogen-bond acceptors (Lipinski definition) is 3. The van der Waals surface area contributed by atoms with Crippen LogP contribution in [-0.4, -0.2) is 27.6 Å². The molecule has 0 unspecified atom stereocenters. The number of ether oxygens (including phenoxy) is 1. The van der Waals surface area contributed by atoms with Crippen molar-refractivity contribution in [2.45, 2.75) is 51.6 Å². The second-order valence-electron chi connectivity index (χ2n) is 6.78. The molecule has 1 aromatic carbocycles. The Morgan fingerprint density at radius 1 is 1.10 bits per heavy atom. The van der Waals surface area contributed by atoms with E-state index >= 15 is 0 Å². The molecule has 1 aromatic rings. The summed E-state index contributed by atoms with van der Waals surface area (Å²) in [5.41, 5.74) is 1.18. The van der Waals surface area contributed by atoms with Crippen molar-refractivity contribution < 1.29 is 12.2 Å². The smallest absolute Gasteiger partial charge is 0.192 e. The zero-order chi connectivity index (χ0) is 15.9. The molecule has 0 bridgehead atoms. The molecule has 21 heavy (non-hydrogen) atoms. The molecule has 1 rings (SSSR count). The summed E-state index contributed by atoms with van der Waals surface area (Å²) in [6.07, 6.45) is -0.0246. The third kappa shape index (κ3) is 6.77. The normalized spacial score (nSPS) is 14.2. The van der Waals surface area contributed by atoms with Crippen molar-refractivity contribution in [3.63, 3.8) is 0 Å². The average Bonchev–Trinajstić information content (AvgIpc) is 2.42. The van der Waals surface area contributed by atoms with Crippen LogP contribution < -0.4 is 0 Å². The van der Waals surface area contributed by atoms with E-state index in [1.54, 1.807) is 0 Å². The van der Waals surface area contributed by atoms with Crippen molar-refractivity contribution in [3.05, 3.63) is 35.9 Å². The molecule has 0 radical (unpaired) electrons. The maximum absolute atomic E-state index is 6.18. The standard InChI is InChI=1S/C16H27IO3Si/c1-16(2,3)21(4,5)19-13-15(20-17)12-18-11-14-9-7-6-8-10-14/h6-10,15H,11-13H2,1-5H3/t15-/m1/s1. The summed E-state index contributed by atoms with van der Waals surface area (Å²) in [5, 5.41) is 0.216. The Kier molecular flexibility index (Phi) is 7.84. The van der Waals surface area contributed by atoms with Crippen molar-refractivity contribution in [2.24, 2.45) is 0 Å². The molecule has 3 nitrogen and oxygen atoms in total. The van der Waals surface area contributed by atoms with Crippen LogP contribution in [0.3, 0.4) is 0 Å². The van der Waals surface area contributed by atoms with E-state index in [4.69, 9.17) is 12.2 Å². The van der Waals surface area contributed by atoms with E-state index in [-0.39, 0.29) is 11.1 Å². The van der Waals surface area contributed by atoms with E-state index in [0.717, 1.165) is 0 Å². The number of halogens is 1. The van der Waals surface area contributed by atoms with Crippen LogP contribution in [0.1, 0.15) is 26.3 Å². The van der Waals surface area contributed by atoms with Gasteiger partial charge in [-0.2, -0.15) is 0 Å². The summed E-state index contributed by atoms with van der Waals surface area (Å²) in [7, 11) is -1.73. The van der Waals surface area contributed by atoms with Crippen molar-refractivity contribution in [1.29, 1.82) is 0 Å². The molecule has 120 valence electrons. The maximum Gasteiger partial charge on any atom is 0.192 e. The van der Waals surface area contributed by atoms with Crippen LogP contribution in [0.15, 0.2) is 30.3 Å². The van der Waals surface area contributed by atoms with Crippen LogP contribution in [0, 0.1) is 0 Å². The lowest BCUT2D eigenvalue weighted by Crippen LogP contribution is -2.43. The minimum Gasteiger partial charge on any atom is -0.414 e. The van der Waals surface area contributed by atoms with E-state index in [9.17, 15) is 0 Å². The fourth-order valence-corrected chi connectivity index (χ4v) is 2.83. The van der Waals surface area contributed by atoms with Gasteiger partial charge in [-0.1, -0.05) is 51.1 Å². The minimum atomic E-state index is -1.73. The van der Waals surface area contributed by atoms with E-state index in [2.05, 4.69) is 46.0 Å². The average molecular weight is 422 g/mol. The molecule has 1 atom stereocenters. The van der Waals surface area contributed by atoms with Crippen LogP contribution in [0.2, 0.25) is 18.1 Å². The second kappa shape index (κ2) is 8.62. The molecule has 0 saturated carbocycles. The molecular weight excluding hydrogens is 395 g/mol. The number of benzene rings is 1. The highest BCUT2D eigenvalue weighted by Gasteiger charge is 2.37. The summed E-state index contributed by atoms with van der Waals surface area (Å²) >= 11 is 1.93. The summed E-state index contributed by atoms with van der Waals surface area (Å²) < 4.78 is 17.3. The SMILES string of the molecule is CC(C)(C)[Si](C)(C)OC[C@@H](COCc1ccccc1)OI. The van der Waals surface area contributed by atoms with Gasteiger partial charge in [-0.05, 0) is 23.7 Å². The zero-order valence-corrected chi connectivity index (χ0v) is 16.8. The molecule has 0 amide bonds. The van der Waals surface area contributed by atoms with Crippen LogP contribution in [0.4, 0.5) is 0 Å². The minimum absolute atomic E-state index is 0.0246. The molecule has 0 N–H and O–H groups in total. The largest absolute Gasteiger partial charge is 0.414 e. The first-order chi connectivity index (χ1) is 9.76. The Hall–Kier alpha value is 0.0469. The summed E-state index contributed by atoms with van der Waals surface area (Å²) in [6, 6.07) is 10.2. The molecule has 5 heteroatoms. The number of hydrogen-bond donors (Lipinski definition) is 0. The van der Waals surface area contributed by atoms with E-state index < -0.39 is 8.32 Å². The lowest BCUT2D eigenvalue weighted by atomic mass is 10.2. The lowest BCUT2D eigenvalue weighted by molar-refractivity contribution is 0.0352. The molecule has 0 aliphatic rings. The number of rotatable bonds is 8. The highest BCUT2D eigenvalue weighted by atomic mass is 127. The Bertz CT molecular complexity index is 404. The predicted molar refractivity (Wildman–Crippen MR) is 98.1 cm³/mol. The van der Waals surface area contributed by atoms with Crippen LogP contribution in [0.25, 0.3) is 0 Å². The van der Waals surface area contributed by atoms with Crippen molar-refractivity contribution >= 4 is 31.3 Å². The summed E-state index contributed by atoms with van der Waals surface area (Å²) in [6.45, 7) is 13.0. The molecule has 0 aliphatic heterocycles. The van der Waals surface area contributed by atoms with Gasteiger partial charge in [0.15, 0.2) is 8.32 Å². The predicted octanol–water partition coefficient (Wildman–Crippen LogP) is 4.96. The van der Waals surface area contributed by atoms with Gasteiger partial charge in [0.1, 0.15) is 29.1 Å². The Morgan fingerprint density at radius 2 is 1.71 bits per heavy atom. The van der Waals surface area contributed by atoms with Gasteiger partial charge >= 0.3 is 0 Å². The topological polar surface area (TPSA) is 27.7 Å². The summed E-state index contributed by atoms with van der Waals surface area (Å²) in [4.78, 5) is 0. The van der Waals surface area contributed by atoms with Crippen LogP contribution in [0.5, 0.6) is 0 Å². The van der Waals surface area contributed by atoms with Crippen molar-refractivity contribution in [3.8, 4) is 0 Å². The third-order valence-corrected chi connectivity index (χ3v) is 9.20. The Balaban J connectivity index is 2.35. The van der Waals surface area contributed by atoms with Gasteiger partial charge < -0.3 is 12.2 Å². The first-order valence-corrected chi connectivity index (χ1v) is 11.1. The zero-order valence-electron chi connectivity index (χ0n) is 13.7. The molecule has 0 aliphatic carbocycles. The molecule has 0 heterocycles. The maximum atomic E-state index is 6.18. The van der Waals surface area contributed by atoms with Crippen molar-refractivity contribution in [1.82, 2.24) is 0 Å². The van der Waals surface area contributed by atoms with E-state index in [1.165, 1.54) is 5.56 Å². The highest BCUT2D eigenvalue weighted by molar-refractivity contribution is 14.1. The fraction of sp³-hybridized carbons (Fsp3) is 0.625. The van der Waals surface area contributed by atoms with Gasteiger partial charge in [0.05, 0.1) is 19.8 Å². The van der Waals surface area contributed by atoms with Gasteiger partial charge in [0.25, 0.3) is 0 Å². The van der Waals surface area contributed by atoms with E-state index in [0.29, 0.717) is 19.8 Å². The van der Waals surface area contributed by atoms with Gasteiger partial charge in [0.2, 0.25) is 0 Å². The van der Waals surface area contributed by atoms with E-state index in [1.807, 2.05) is 41.2 Å². The summed E-state index contributed by atoms with van der Waals surface area (Å²) in [5.74, 6) is 0. The molecular formula is C16H27IO3Si. The monoisotopic (exact) mass is 422 g/mol.